The lowest BCUT2D eigenvalue weighted by Crippen LogP contribution is -2.01. The van der Waals surface area contributed by atoms with Gasteiger partial charge in [-0.1, -0.05) is 23.5 Å². The van der Waals surface area contributed by atoms with Crippen molar-refractivity contribution in [2.75, 3.05) is 6.54 Å². The van der Waals surface area contributed by atoms with Crippen LogP contribution in [-0.2, 0) is 6.42 Å². The van der Waals surface area contributed by atoms with Crippen molar-refractivity contribution in [1.82, 2.24) is 10.2 Å². The first-order chi connectivity index (χ1) is 7.29. The van der Waals surface area contributed by atoms with Crippen molar-refractivity contribution < 1.29 is 4.39 Å². The molecular weight excluding hydrogens is 249 g/mol. The third-order valence-electron chi connectivity index (χ3n) is 1.90. The molecule has 16 heavy (non-hydrogen) atoms. The van der Waals surface area contributed by atoms with Crippen LogP contribution >= 0.6 is 23.7 Å². The van der Waals surface area contributed by atoms with E-state index >= 15 is 0 Å². The summed E-state index contributed by atoms with van der Waals surface area (Å²) in [6, 6.07) is 6.34. The van der Waals surface area contributed by atoms with Crippen LogP contribution < -0.4 is 5.73 Å². The van der Waals surface area contributed by atoms with Gasteiger partial charge in [0.1, 0.15) is 15.8 Å². The van der Waals surface area contributed by atoms with Gasteiger partial charge in [0.15, 0.2) is 0 Å². The highest BCUT2D eigenvalue weighted by molar-refractivity contribution is 7.14. The zero-order valence-corrected chi connectivity index (χ0v) is 10.0. The Kier molecular flexibility index (Phi) is 4.79. The van der Waals surface area contributed by atoms with Crippen LogP contribution in [0.1, 0.15) is 5.01 Å². The second-order valence-electron chi connectivity index (χ2n) is 3.05. The number of aromatic nitrogens is 2. The van der Waals surface area contributed by atoms with Gasteiger partial charge < -0.3 is 5.73 Å². The largest absolute Gasteiger partial charge is 0.330 e. The molecule has 0 atom stereocenters. The van der Waals surface area contributed by atoms with Crippen LogP contribution in [0, 0.1) is 5.82 Å². The molecule has 3 nitrogen and oxygen atoms in total. The molecule has 0 aliphatic heterocycles. The molecule has 0 saturated carbocycles. The van der Waals surface area contributed by atoms with E-state index < -0.39 is 0 Å². The summed E-state index contributed by atoms with van der Waals surface area (Å²) in [6.07, 6.45) is 0.715. The van der Waals surface area contributed by atoms with Crippen molar-refractivity contribution in [3.05, 3.63) is 35.1 Å². The van der Waals surface area contributed by atoms with E-state index in [2.05, 4.69) is 10.2 Å². The Labute approximate surface area is 103 Å². The third-order valence-corrected chi connectivity index (χ3v) is 2.93. The van der Waals surface area contributed by atoms with Crippen LogP contribution in [0.15, 0.2) is 24.3 Å². The van der Waals surface area contributed by atoms with Crippen LogP contribution in [0.25, 0.3) is 10.6 Å². The molecule has 6 heteroatoms. The van der Waals surface area contributed by atoms with E-state index in [9.17, 15) is 4.39 Å². The molecule has 2 N–H and O–H groups in total. The molecule has 0 unspecified atom stereocenters. The fourth-order valence-corrected chi connectivity index (χ4v) is 2.07. The Hall–Kier alpha value is -1.04. The molecule has 1 aromatic heterocycles. The molecule has 1 heterocycles. The van der Waals surface area contributed by atoms with E-state index in [0.717, 1.165) is 15.6 Å². The quantitative estimate of drug-likeness (QED) is 0.920. The van der Waals surface area contributed by atoms with Gasteiger partial charge in [0.2, 0.25) is 0 Å². The Bertz CT molecular complexity index is 461. The van der Waals surface area contributed by atoms with Gasteiger partial charge in [-0.05, 0) is 18.7 Å². The smallest absolute Gasteiger partial charge is 0.147 e. The highest BCUT2D eigenvalue weighted by Gasteiger charge is 2.06. The van der Waals surface area contributed by atoms with Crippen molar-refractivity contribution in [3.8, 4) is 10.6 Å². The Morgan fingerprint density at radius 2 is 2.12 bits per heavy atom. The lowest BCUT2D eigenvalue weighted by molar-refractivity contribution is 0.628. The van der Waals surface area contributed by atoms with Gasteiger partial charge in [0, 0.05) is 12.0 Å². The van der Waals surface area contributed by atoms with Crippen LogP contribution in [0.2, 0.25) is 0 Å². The number of halogens is 2. The number of rotatable bonds is 3. The molecule has 0 bridgehead atoms. The van der Waals surface area contributed by atoms with Crippen molar-refractivity contribution in [3.63, 3.8) is 0 Å². The van der Waals surface area contributed by atoms with Crippen molar-refractivity contribution in [2.24, 2.45) is 5.73 Å². The fraction of sp³-hybridized carbons (Fsp3) is 0.200. The van der Waals surface area contributed by atoms with E-state index in [4.69, 9.17) is 5.73 Å². The summed E-state index contributed by atoms with van der Waals surface area (Å²) in [4.78, 5) is 0. The van der Waals surface area contributed by atoms with Crippen molar-refractivity contribution >= 4 is 23.7 Å². The van der Waals surface area contributed by atoms with Gasteiger partial charge in [-0.3, -0.25) is 0 Å². The SMILES string of the molecule is Cl.NCCc1nnc(-c2cccc(F)c2)s1. The summed E-state index contributed by atoms with van der Waals surface area (Å²) in [5.41, 5.74) is 6.17. The number of hydrogen-bond donors (Lipinski definition) is 1. The minimum atomic E-state index is -0.261. The van der Waals surface area contributed by atoms with Gasteiger partial charge in [-0.2, -0.15) is 0 Å². The summed E-state index contributed by atoms with van der Waals surface area (Å²) < 4.78 is 12.9. The lowest BCUT2D eigenvalue weighted by Gasteiger charge is -1.93. The summed E-state index contributed by atoms with van der Waals surface area (Å²) in [6.45, 7) is 0.553. The molecule has 2 aromatic rings. The molecule has 0 saturated heterocycles. The molecule has 0 aliphatic rings. The topological polar surface area (TPSA) is 51.8 Å². The zero-order chi connectivity index (χ0) is 10.7. The Morgan fingerprint density at radius 3 is 2.81 bits per heavy atom. The maximum atomic E-state index is 12.9. The summed E-state index contributed by atoms with van der Waals surface area (Å²) in [7, 11) is 0. The summed E-state index contributed by atoms with van der Waals surface area (Å²) in [5, 5.41) is 9.59. The first-order valence-corrected chi connectivity index (χ1v) is 5.39. The van der Waals surface area contributed by atoms with Gasteiger partial charge in [-0.15, -0.1) is 22.6 Å². The molecule has 0 amide bonds. The van der Waals surface area contributed by atoms with Gasteiger partial charge in [0.25, 0.3) is 0 Å². The monoisotopic (exact) mass is 259 g/mol. The summed E-state index contributed by atoms with van der Waals surface area (Å²) >= 11 is 1.45. The van der Waals surface area contributed by atoms with E-state index in [1.54, 1.807) is 6.07 Å². The van der Waals surface area contributed by atoms with Gasteiger partial charge >= 0.3 is 0 Å². The predicted octanol–water partition coefficient (Wildman–Crippen LogP) is 2.27. The predicted molar refractivity (Wildman–Crippen MR) is 65.3 cm³/mol. The average Bonchev–Trinajstić information content (AvgIpc) is 2.67. The standard InChI is InChI=1S/C10H10FN3S.ClH/c11-8-3-1-2-7(6-8)10-14-13-9(15-10)4-5-12;/h1-3,6H,4-5,12H2;1H. The minimum Gasteiger partial charge on any atom is -0.330 e. The summed E-state index contributed by atoms with van der Waals surface area (Å²) in [5.74, 6) is -0.261. The molecule has 0 fully saturated rings. The van der Waals surface area contributed by atoms with Crippen molar-refractivity contribution in [2.45, 2.75) is 6.42 Å². The first-order valence-electron chi connectivity index (χ1n) is 4.58. The normalized spacial score (nSPS) is 9.88. The number of nitrogens with zero attached hydrogens (tertiary/aromatic N) is 2. The molecular formula is C10H11ClFN3S. The van der Waals surface area contributed by atoms with E-state index in [1.165, 1.54) is 23.5 Å². The molecule has 1 aromatic carbocycles. The Morgan fingerprint density at radius 1 is 1.31 bits per heavy atom. The highest BCUT2D eigenvalue weighted by Crippen LogP contribution is 2.23. The van der Waals surface area contributed by atoms with Gasteiger partial charge in [-0.25, -0.2) is 4.39 Å². The van der Waals surface area contributed by atoms with E-state index in [0.29, 0.717) is 13.0 Å². The number of hydrogen-bond acceptors (Lipinski definition) is 4. The molecule has 0 radical (unpaired) electrons. The highest BCUT2D eigenvalue weighted by atomic mass is 35.5. The van der Waals surface area contributed by atoms with Crippen LogP contribution in [-0.4, -0.2) is 16.7 Å². The second-order valence-corrected chi connectivity index (χ2v) is 4.11. The average molecular weight is 260 g/mol. The molecule has 2 rings (SSSR count). The Balaban J connectivity index is 0.00000128. The van der Waals surface area contributed by atoms with Crippen LogP contribution in [0.3, 0.4) is 0 Å². The van der Waals surface area contributed by atoms with Gasteiger partial charge in [0.05, 0.1) is 0 Å². The minimum absolute atomic E-state index is 0. The van der Waals surface area contributed by atoms with E-state index in [-0.39, 0.29) is 18.2 Å². The van der Waals surface area contributed by atoms with Crippen molar-refractivity contribution in [1.29, 1.82) is 0 Å². The molecule has 0 spiro atoms. The molecule has 86 valence electrons. The van der Waals surface area contributed by atoms with Crippen LogP contribution in [0.4, 0.5) is 4.39 Å². The van der Waals surface area contributed by atoms with E-state index in [1.807, 2.05) is 6.07 Å². The number of nitrogens with two attached hydrogens (primary N) is 1. The fourth-order valence-electron chi connectivity index (χ4n) is 1.22. The molecule has 0 aliphatic carbocycles. The second kappa shape index (κ2) is 5.89. The van der Waals surface area contributed by atoms with Crippen LogP contribution in [0.5, 0.6) is 0 Å². The zero-order valence-electron chi connectivity index (χ0n) is 8.39. The first kappa shape index (κ1) is 13.0. The lowest BCUT2D eigenvalue weighted by atomic mass is 10.2. The maximum absolute atomic E-state index is 12.9. The third kappa shape index (κ3) is 2.98. The maximum Gasteiger partial charge on any atom is 0.147 e. The number of benzene rings is 1.